The SMILES string of the molecule is CCCC[C@H]1N[P+]2(CC1=O)N[C@H](CCCC)C(=O)O2. The Morgan fingerprint density at radius 3 is 2.32 bits per heavy atom. The summed E-state index contributed by atoms with van der Waals surface area (Å²) in [7, 11) is -2.20. The van der Waals surface area contributed by atoms with Gasteiger partial charge in [-0.1, -0.05) is 39.5 Å². The maximum atomic E-state index is 12.0. The molecule has 0 aromatic carbocycles. The molecule has 6 heteroatoms. The zero-order valence-corrected chi connectivity index (χ0v) is 12.7. The molecule has 0 bridgehead atoms. The number of carbonyl (C=O) groups excluding carboxylic acids is 2. The lowest BCUT2D eigenvalue weighted by molar-refractivity contribution is -0.133. The van der Waals surface area contributed by atoms with Crippen molar-refractivity contribution >= 4 is 19.5 Å². The van der Waals surface area contributed by atoms with Gasteiger partial charge in [0.05, 0.1) is 0 Å². The summed E-state index contributed by atoms with van der Waals surface area (Å²) in [6.45, 7) is 4.21. The molecule has 108 valence electrons. The van der Waals surface area contributed by atoms with E-state index in [0.717, 1.165) is 38.5 Å². The zero-order valence-electron chi connectivity index (χ0n) is 11.8. The minimum atomic E-state index is -2.20. The average Bonchev–Trinajstić information content (AvgIpc) is 2.84. The van der Waals surface area contributed by atoms with Gasteiger partial charge in [0.1, 0.15) is 12.1 Å². The van der Waals surface area contributed by atoms with Crippen molar-refractivity contribution in [1.82, 2.24) is 10.2 Å². The lowest BCUT2D eigenvalue weighted by Crippen LogP contribution is -2.31. The number of hydrogen-bond acceptors (Lipinski definition) is 5. The lowest BCUT2D eigenvalue weighted by atomic mass is 10.1. The van der Waals surface area contributed by atoms with Crippen molar-refractivity contribution < 1.29 is 14.1 Å². The Bertz CT molecular complexity index is 328. The molecule has 1 spiro atoms. The highest BCUT2D eigenvalue weighted by molar-refractivity contribution is 7.69. The average molecular weight is 287 g/mol. The van der Waals surface area contributed by atoms with Gasteiger partial charge in [-0.15, -0.1) is 10.2 Å². The standard InChI is InChI=1S/C13H24N2O3P/c1-3-5-7-10-12(16)9-19(14-10)15-11(8-6-4-2)13(17)18-19/h10-11,14-15H,3-9H2,1-2H3/q+1/t10-,11-,19?/m1/s1. The molecule has 2 N–H and O–H groups in total. The second-order valence-electron chi connectivity index (χ2n) is 5.42. The number of unbranched alkanes of at least 4 members (excludes halogenated alkanes) is 2. The van der Waals surface area contributed by atoms with Crippen molar-refractivity contribution in [2.45, 2.75) is 64.5 Å². The predicted molar refractivity (Wildman–Crippen MR) is 75.8 cm³/mol. The number of carbonyl (C=O) groups is 2. The highest BCUT2D eigenvalue weighted by atomic mass is 31.2. The fourth-order valence-electron chi connectivity index (χ4n) is 2.61. The molecule has 5 nitrogen and oxygen atoms in total. The van der Waals surface area contributed by atoms with Crippen molar-refractivity contribution in [2.75, 3.05) is 6.16 Å². The number of rotatable bonds is 6. The topological polar surface area (TPSA) is 67.4 Å². The minimum Gasteiger partial charge on any atom is -0.293 e. The lowest BCUT2D eigenvalue weighted by Gasteiger charge is -2.12. The first-order valence-electron chi connectivity index (χ1n) is 7.30. The van der Waals surface area contributed by atoms with Crippen LogP contribution in [-0.2, 0) is 14.1 Å². The molecule has 2 aliphatic heterocycles. The molecule has 0 radical (unpaired) electrons. The Morgan fingerprint density at radius 2 is 1.68 bits per heavy atom. The van der Waals surface area contributed by atoms with Crippen LogP contribution in [0.5, 0.6) is 0 Å². The van der Waals surface area contributed by atoms with Crippen LogP contribution in [0.15, 0.2) is 0 Å². The van der Waals surface area contributed by atoms with Gasteiger partial charge in [-0.25, -0.2) is 4.79 Å². The maximum Gasteiger partial charge on any atom is 0.375 e. The van der Waals surface area contributed by atoms with Crippen LogP contribution >= 0.6 is 7.79 Å². The summed E-state index contributed by atoms with van der Waals surface area (Å²) in [5.41, 5.74) is 0. The molecule has 2 fully saturated rings. The summed E-state index contributed by atoms with van der Waals surface area (Å²) >= 11 is 0. The second-order valence-corrected chi connectivity index (χ2v) is 7.92. The number of ketones is 1. The first-order chi connectivity index (χ1) is 9.10. The quantitative estimate of drug-likeness (QED) is 0.733. The van der Waals surface area contributed by atoms with Gasteiger partial charge in [0.2, 0.25) is 0 Å². The summed E-state index contributed by atoms with van der Waals surface area (Å²) in [5.74, 6) is 0.0106. The van der Waals surface area contributed by atoms with Crippen LogP contribution in [-0.4, -0.2) is 30.0 Å². The molecule has 0 saturated carbocycles. The van der Waals surface area contributed by atoms with Crippen molar-refractivity contribution in [1.29, 1.82) is 0 Å². The van der Waals surface area contributed by atoms with Crippen molar-refractivity contribution in [3.63, 3.8) is 0 Å². The monoisotopic (exact) mass is 287 g/mol. The third kappa shape index (κ3) is 3.33. The van der Waals surface area contributed by atoms with Crippen LogP contribution in [0.25, 0.3) is 0 Å². The minimum absolute atomic E-state index is 0.126. The zero-order chi connectivity index (χ0) is 13.9. The Hall–Kier alpha value is -0.510. The molecule has 2 heterocycles. The third-order valence-electron chi connectivity index (χ3n) is 3.72. The molecule has 0 amide bonds. The van der Waals surface area contributed by atoms with Gasteiger partial charge in [0, 0.05) is 0 Å². The van der Waals surface area contributed by atoms with Gasteiger partial charge in [-0.05, 0) is 12.8 Å². The van der Waals surface area contributed by atoms with E-state index >= 15 is 0 Å². The van der Waals surface area contributed by atoms with Gasteiger partial charge in [0.25, 0.3) is 0 Å². The van der Waals surface area contributed by atoms with Crippen LogP contribution in [0.1, 0.15) is 52.4 Å². The first kappa shape index (κ1) is 14.9. The second kappa shape index (κ2) is 6.29. The molecule has 0 aromatic rings. The van der Waals surface area contributed by atoms with Crippen LogP contribution in [0, 0.1) is 0 Å². The molecule has 2 rings (SSSR count). The van der Waals surface area contributed by atoms with E-state index in [-0.39, 0.29) is 23.8 Å². The van der Waals surface area contributed by atoms with E-state index in [1.807, 2.05) is 0 Å². The Balaban J connectivity index is 1.94. The molecule has 1 unspecified atom stereocenters. The Kier molecular flexibility index (Phi) is 4.93. The fourth-order valence-corrected chi connectivity index (χ4v) is 5.65. The van der Waals surface area contributed by atoms with E-state index in [1.54, 1.807) is 0 Å². The van der Waals surface area contributed by atoms with E-state index in [9.17, 15) is 9.59 Å². The van der Waals surface area contributed by atoms with Crippen molar-refractivity contribution in [3.05, 3.63) is 0 Å². The summed E-state index contributed by atoms with van der Waals surface area (Å²) in [4.78, 5) is 23.9. The summed E-state index contributed by atoms with van der Waals surface area (Å²) in [6, 6.07) is -0.350. The van der Waals surface area contributed by atoms with Crippen molar-refractivity contribution in [3.8, 4) is 0 Å². The molecule has 19 heavy (non-hydrogen) atoms. The Labute approximate surface area is 115 Å². The normalized spacial score (nSPS) is 34.2. The van der Waals surface area contributed by atoms with Gasteiger partial charge in [-0.3, -0.25) is 9.32 Å². The van der Waals surface area contributed by atoms with E-state index in [0.29, 0.717) is 6.16 Å². The van der Waals surface area contributed by atoms with Crippen LogP contribution in [0.2, 0.25) is 0 Å². The highest BCUT2D eigenvalue weighted by Crippen LogP contribution is 2.60. The molecular formula is C13H24N2O3P+. The largest absolute Gasteiger partial charge is 0.375 e. The summed E-state index contributed by atoms with van der Waals surface area (Å²) in [6.07, 6.45) is 6.15. The molecule has 3 atom stereocenters. The highest BCUT2D eigenvalue weighted by Gasteiger charge is 2.62. The van der Waals surface area contributed by atoms with Gasteiger partial charge < -0.3 is 0 Å². The summed E-state index contributed by atoms with van der Waals surface area (Å²) < 4.78 is 5.53. The third-order valence-corrected chi connectivity index (χ3v) is 6.43. The summed E-state index contributed by atoms with van der Waals surface area (Å²) in [5, 5.41) is 6.59. The Morgan fingerprint density at radius 1 is 1.11 bits per heavy atom. The van der Waals surface area contributed by atoms with Crippen LogP contribution < -0.4 is 10.2 Å². The van der Waals surface area contributed by atoms with Gasteiger partial charge >= 0.3 is 13.8 Å². The first-order valence-corrected chi connectivity index (χ1v) is 9.19. The van der Waals surface area contributed by atoms with Gasteiger partial charge in [-0.2, -0.15) is 0 Å². The molecule has 2 saturated heterocycles. The van der Waals surface area contributed by atoms with E-state index in [1.165, 1.54) is 0 Å². The number of nitrogens with one attached hydrogen (secondary N) is 2. The van der Waals surface area contributed by atoms with Gasteiger partial charge in [0.15, 0.2) is 11.9 Å². The molecule has 0 aromatic heterocycles. The van der Waals surface area contributed by atoms with E-state index in [4.69, 9.17) is 4.52 Å². The fraction of sp³-hybridized carbons (Fsp3) is 0.846. The maximum absolute atomic E-state index is 12.0. The van der Waals surface area contributed by atoms with Crippen molar-refractivity contribution in [2.24, 2.45) is 0 Å². The van der Waals surface area contributed by atoms with Crippen LogP contribution in [0.4, 0.5) is 0 Å². The van der Waals surface area contributed by atoms with Crippen LogP contribution in [0.3, 0.4) is 0 Å². The smallest absolute Gasteiger partial charge is 0.293 e. The molecule has 2 aliphatic rings. The number of hydrogen-bond donors (Lipinski definition) is 2. The van der Waals surface area contributed by atoms with E-state index in [2.05, 4.69) is 24.0 Å². The predicted octanol–water partition coefficient (Wildman–Crippen LogP) is 2.19. The number of Topliss-reactive ketones (excluding diaryl/α,β-unsaturated/α-hetero) is 1. The molecule has 0 aliphatic carbocycles. The molecular weight excluding hydrogens is 263 g/mol. The van der Waals surface area contributed by atoms with E-state index < -0.39 is 7.79 Å².